The highest BCUT2D eigenvalue weighted by atomic mass is 16.2. The van der Waals surface area contributed by atoms with Gasteiger partial charge in [-0.25, -0.2) is 9.50 Å². The number of benzene rings is 2. The van der Waals surface area contributed by atoms with E-state index in [1.54, 1.807) is 10.7 Å². The first-order valence-electron chi connectivity index (χ1n) is 11.9. The van der Waals surface area contributed by atoms with E-state index in [9.17, 15) is 4.79 Å². The van der Waals surface area contributed by atoms with Crippen LogP contribution in [0.25, 0.3) is 27.8 Å². The predicted octanol–water partition coefficient (Wildman–Crippen LogP) is 3.50. The number of rotatable bonds is 3. The summed E-state index contributed by atoms with van der Waals surface area (Å²) in [7, 11) is 0. The number of aromatic nitrogens is 5. The van der Waals surface area contributed by atoms with Crippen molar-refractivity contribution in [3.8, 4) is 11.3 Å². The van der Waals surface area contributed by atoms with Crippen LogP contribution in [0.2, 0.25) is 0 Å². The van der Waals surface area contributed by atoms with Crippen LogP contribution < -0.4 is 10.6 Å². The van der Waals surface area contributed by atoms with Gasteiger partial charge in [-0.1, -0.05) is 29.5 Å². The first-order valence-corrected chi connectivity index (χ1v) is 11.9. The molecule has 35 heavy (non-hydrogen) atoms. The zero-order valence-electron chi connectivity index (χ0n) is 19.0. The normalized spacial score (nSPS) is 16.6. The van der Waals surface area contributed by atoms with Gasteiger partial charge in [-0.05, 0) is 67.4 Å². The van der Waals surface area contributed by atoms with E-state index in [4.69, 9.17) is 4.98 Å². The zero-order chi connectivity index (χ0) is 23.4. The van der Waals surface area contributed by atoms with E-state index in [2.05, 4.69) is 56.3 Å². The molecule has 2 N–H and O–H groups in total. The molecule has 2 aliphatic rings. The number of piperidine rings is 1. The quantitative estimate of drug-likeness (QED) is 0.427. The lowest BCUT2D eigenvalue weighted by molar-refractivity contribution is -0.121. The van der Waals surface area contributed by atoms with Gasteiger partial charge in [0.1, 0.15) is 5.69 Å². The monoisotopic (exact) mass is 461 g/mol. The molecule has 0 aliphatic carbocycles. The van der Waals surface area contributed by atoms with Gasteiger partial charge >= 0.3 is 0 Å². The van der Waals surface area contributed by atoms with Crippen molar-refractivity contribution < 1.29 is 4.79 Å². The Bertz CT molecular complexity index is 1620. The summed E-state index contributed by atoms with van der Waals surface area (Å²) in [4.78, 5) is 22.2. The van der Waals surface area contributed by atoms with Crippen molar-refractivity contribution in [2.75, 3.05) is 18.4 Å². The number of pyridine rings is 1. The fourth-order valence-electron chi connectivity index (χ4n) is 5.47. The molecule has 7 rings (SSSR count). The Kier molecular flexibility index (Phi) is 4.44. The molecule has 0 bridgehead atoms. The third-order valence-electron chi connectivity index (χ3n) is 7.35. The van der Waals surface area contributed by atoms with Crippen molar-refractivity contribution in [3.63, 3.8) is 0 Å². The fraction of sp³-hybridized carbons (Fsp3) is 0.222. The van der Waals surface area contributed by atoms with Crippen molar-refractivity contribution in [2.24, 2.45) is 0 Å². The third-order valence-corrected chi connectivity index (χ3v) is 7.35. The Hall–Kier alpha value is -4.17. The maximum absolute atomic E-state index is 12.9. The molecule has 2 aromatic carbocycles. The molecule has 172 valence electrons. The second-order valence-corrected chi connectivity index (χ2v) is 9.37. The number of nitrogens with zero attached hydrogens (tertiary/aromatic N) is 5. The molecule has 1 amide bonds. The van der Waals surface area contributed by atoms with Gasteiger partial charge in [0.2, 0.25) is 5.91 Å². The Morgan fingerprint density at radius 1 is 1.03 bits per heavy atom. The van der Waals surface area contributed by atoms with Gasteiger partial charge in [0.15, 0.2) is 5.65 Å². The number of hydrogen-bond donors (Lipinski definition) is 2. The standard InChI is InChI=1S/C27H23N7O/c35-26-27(8-11-28-12-9-27)20-5-4-19(16-23(20)31-26)22-7-13-34-25(30-22)24(32-33-34)15-17-3-6-21-18(14-17)2-1-10-29-21/h1-7,10,13-14,16,28H,8-9,11-12,15H2,(H,31,35). The number of carbonyl (C=O) groups is 1. The second kappa shape index (κ2) is 7.68. The van der Waals surface area contributed by atoms with Crippen molar-refractivity contribution in [1.29, 1.82) is 0 Å². The van der Waals surface area contributed by atoms with E-state index in [0.717, 1.165) is 76.2 Å². The predicted molar refractivity (Wildman–Crippen MR) is 133 cm³/mol. The summed E-state index contributed by atoms with van der Waals surface area (Å²) in [5.41, 5.74) is 7.03. The van der Waals surface area contributed by atoms with Crippen molar-refractivity contribution in [2.45, 2.75) is 24.7 Å². The number of fused-ring (bicyclic) bond motifs is 4. The summed E-state index contributed by atoms with van der Waals surface area (Å²) >= 11 is 0. The molecular formula is C27H23N7O. The first kappa shape index (κ1) is 20.2. The lowest BCUT2D eigenvalue weighted by Gasteiger charge is -2.32. The van der Waals surface area contributed by atoms with Crippen LogP contribution in [-0.4, -0.2) is 43.8 Å². The molecule has 3 aromatic heterocycles. The van der Waals surface area contributed by atoms with Crippen molar-refractivity contribution in [1.82, 2.24) is 30.1 Å². The molecule has 5 aromatic rings. The Balaban J connectivity index is 1.24. The summed E-state index contributed by atoms with van der Waals surface area (Å²) in [6.07, 6.45) is 5.97. The maximum Gasteiger partial charge on any atom is 0.235 e. The van der Waals surface area contributed by atoms with E-state index >= 15 is 0 Å². The molecule has 0 unspecified atom stereocenters. The Morgan fingerprint density at radius 3 is 2.86 bits per heavy atom. The number of nitrogens with one attached hydrogen (secondary N) is 2. The van der Waals surface area contributed by atoms with Gasteiger partial charge in [0.25, 0.3) is 0 Å². The minimum atomic E-state index is -0.408. The molecule has 0 radical (unpaired) electrons. The van der Waals surface area contributed by atoms with E-state index in [-0.39, 0.29) is 5.91 Å². The number of hydrogen-bond acceptors (Lipinski definition) is 6. The molecule has 8 heteroatoms. The van der Waals surface area contributed by atoms with Crippen LogP contribution in [0.15, 0.2) is 67.0 Å². The van der Waals surface area contributed by atoms with Gasteiger partial charge in [-0.15, -0.1) is 5.10 Å². The summed E-state index contributed by atoms with van der Waals surface area (Å²) < 4.78 is 1.71. The maximum atomic E-state index is 12.9. The number of amides is 1. The van der Waals surface area contributed by atoms with E-state index in [1.807, 2.05) is 30.5 Å². The Morgan fingerprint density at radius 2 is 1.94 bits per heavy atom. The summed E-state index contributed by atoms with van der Waals surface area (Å²) in [6, 6.07) is 18.4. The van der Waals surface area contributed by atoms with Gasteiger partial charge in [0.05, 0.1) is 16.6 Å². The molecule has 5 heterocycles. The lowest BCUT2D eigenvalue weighted by Crippen LogP contribution is -2.44. The first-order chi connectivity index (χ1) is 17.2. The summed E-state index contributed by atoms with van der Waals surface area (Å²) in [5.74, 6) is 0.113. The highest BCUT2D eigenvalue weighted by Gasteiger charge is 2.47. The SMILES string of the molecule is O=C1Nc2cc(-c3ccn4nnc(Cc5ccc6ncccc6c5)c4n3)ccc2C12CCNCC2. The van der Waals surface area contributed by atoms with Crippen molar-refractivity contribution >= 4 is 28.1 Å². The highest BCUT2D eigenvalue weighted by molar-refractivity contribution is 6.07. The van der Waals surface area contributed by atoms with Gasteiger partial charge in [-0.2, -0.15) is 0 Å². The van der Waals surface area contributed by atoms with Crippen LogP contribution in [0.1, 0.15) is 29.7 Å². The highest BCUT2D eigenvalue weighted by Crippen LogP contribution is 2.44. The van der Waals surface area contributed by atoms with Crippen molar-refractivity contribution in [3.05, 3.63) is 83.8 Å². The largest absolute Gasteiger partial charge is 0.325 e. The average Bonchev–Trinajstić information content (AvgIpc) is 3.42. The van der Waals surface area contributed by atoms with E-state index < -0.39 is 5.41 Å². The topological polar surface area (TPSA) is 97.1 Å². The molecule has 2 aliphatic heterocycles. The fourth-order valence-corrected chi connectivity index (χ4v) is 5.47. The van der Waals surface area contributed by atoms with Crippen LogP contribution in [0.5, 0.6) is 0 Å². The van der Waals surface area contributed by atoms with Crippen LogP contribution >= 0.6 is 0 Å². The zero-order valence-corrected chi connectivity index (χ0v) is 19.0. The van der Waals surface area contributed by atoms with Crippen LogP contribution in [0.4, 0.5) is 5.69 Å². The molecule has 1 fully saturated rings. The van der Waals surface area contributed by atoms with E-state index in [1.165, 1.54) is 0 Å². The summed E-state index contributed by atoms with van der Waals surface area (Å²) in [5, 5.41) is 16.3. The van der Waals surface area contributed by atoms with E-state index in [0.29, 0.717) is 6.42 Å². The number of anilines is 1. The number of carbonyl (C=O) groups excluding carboxylic acids is 1. The molecule has 1 saturated heterocycles. The second-order valence-electron chi connectivity index (χ2n) is 9.37. The lowest BCUT2D eigenvalue weighted by atomic mass is 9.74. The molecular weight excluding hydrogens is 438 g/mol. The van der Waals surface area contributed by atoms with Crippen LogP contribution in [0.3, 0.4) is 0 Å². The molecule has 1 spiro atoms. The minimum Gasteiger partial charge on any atom is -0.325 e. The molecule has 0 atom stereocenters. The average molecular weight is 462 g/mol. The molecule has 8 nitrogen and oxygen atoms in total. The third kappa shape index (κ3) is 3.21. The summed E-state index contributed by atoms with van der Waals surface area (Å²) in [6.45, 7) is 1.72. The Labute approximate surface area is 201 Å². The van der Waals surface area contributed by atoms with Gasteiger partial charge < -0.3 is 10.6 Å². The minimum absolute atomic E-state index is 0.113. The molecule has 0 saturated carbocycles. The smallest absolute Gasteiger partial charge is 0.235 e. The van der Waals surface area contributed by atoms with Gasteiger partial charge in [0, 0.05) is 35.5 Å². The van der Waals surface area contributed by atoms with Crippen LogP contribution in [0, 0.1) is 0 Å². The van der Waals surface area contributed by atoms with Gasteiger partial charge in [-0.3, -0.25) is 9.78 Å². The van der Waals surface area contributed by atoms with Crippen LogP contribution in [-0.2, 0) is 16.6 Å².